The highest BCUT2D eigenvalue weighted by molar-refractivity contribution is 9.09. The van der Waals surface area contributed by atoms with Crippen molar-refractivity contribution < 1.29 is 9.90 Å². The van der Waals surface area contributed by atoms with Gasteiger partial charge in [0.15, 0.2) is 0 Å². The highest BCUT2D eigenvalue weighted by Gasteiger charge is 2.04. The average molecular weight is 255 g/mol. The Morgan fingerprint density at radius 2 is 2.14 bits per heavy atom. The van der Waals surface area contributed by atoms with E-state index < -0.39 is 5.97 Å². The second-order valence-corrected chi connectivity index (χ2v) is 4.29. The van der Waals surface area contributed by atoms with Gasteiger partial charge in [-0.3, -0.25) is 0 Å². The van der Waals surface area contributed by atoms with Crippen molar-refractivity contribution in [3.8, 4) is 0 Å². The minimum absolute atomic E-state index is 0.220. The maximum Gasteiger partial charge on any atom is 0.328 e. The van der Waals surface area contributed by atoms with Crippen molar-refractivity contribution in [2.75, 3.05) is 0 Å². The summed E-state index contributed by atoms with van der Waals surface area (Å²) in [5, 5.41) is 8.51. The molecule has 0 aromatic heterocycles. The molecule has 1 unspecified atom stereocenters. The van der Waals surface area contributed by atoms with Gasteiger partial charge in [0.2, 0.25) is 0 Å². The average Bonchev–Trinajstić information content (AvgIpc) is 2.15. The Bertz CT molecular complexity index is 356. The molecule has 3 heteroatoms. The fourth-order valence-corrected chi connectivity index (χ4v) is 1.60. The summed E-state index contributed by atoms with van der Waals surface area (Å²) in [5.74, 6) is -0.929. The third-order valence-corrected chi connectivity index (χ3v) is 2.32. The molecule has 1 rings (SSSR count). The number of carboxylic acid groups (broad SMARTS) is 1. The van der Waals surface area contributed by atoms with E-state index in [4.69, 9.17) is 5.11 Å². The first-order chi connectivity index (χ1) is 6.61. The number of carbonyl (C=O) groups is 1. The van der Waals surface area contributed by atoms with Crippen LogP contribution >= 0.6 is 15.9 Å². The van der Waals surface area contributed by atoms with Gasteiger partial charge in [-0.25, -0.2) is 4.79 Å². The van der Waals surface area contributed by atoms with Gasteiger partial charge < -0.3 is 5.11 Å². The van der Waals surface area contributed by atoms with Crippen LogP contribution in [0.15, 0.2) is 30.3 Å². The largest absolute Gasteiger partial charge is 0.478 e. The fraction of sp³-hybridized carbons (Fsp3) is 0.182. The maximum absolute atomic E-state index is 10.4. The number of hydrogen-bond donors (Lipinski definition) is 1. The third kappa shape index (κ3) is 3.00. The summed E-state index contributed by atoms with van der Waals surface area (Å²) in [4.78, 5) is 10.6. The van der Waals surface area contributed by atoms with Crippen molar-refractivity contribution >= 4 is 28.0 Å². The summed E-state index contributed by atoms with van der Waals surface area (Å²) in [6.07, 6.45) is 2.75. The molecule has 0 heterocycles. The zero-order valence-electron chi connectivity index (χ0n) is 7.77. The lowest BCUT2D eigenvalue weighted by molar-refractivity contribution is -0.131. The lowest BCUT2D eigenvalue weighted by Gasteiger charge is -2.07. The molecule has 0 spiro atoms. The first kappa shape index (κ1) is 11.0. The highest BCUT2D eigenvalue weighted by Crippen LogP contribution is 2.25. The van der Waals surface area contributed by atoms with Crippen molar-refractivity contribution in [1.29, 1.82) is 0 Å². The van der Waals surface area contributed by atoms with Gasteiger partial charge in [-0.05, 0) is 24.1 Å². The summed E-state index contributed by atoms with van der Waals surface area (Å²) in [6.45, 7) is 2.01. The van der Waals surface area contributed by atoms with Gasteiger partial charge in [0, 0.05) is 10.9 Å². The van der Waals surface area contributed by atoms with Crippen LogP contribution in [0.4, 0.5) is 0 Å². The molecular weight excluding hydrogens is 244 g/mol. The quantitative estimate of drug-likeness (QED) is 0.665. The van der Waals surface area contributed by atoms with Gasteiger partial charge in [0.25, 0.3) is 0 Å². The lowest BCUT2D eigenvalue weighted by Crippen LogP contribution is -1.90. The molecule has 2 nitrogen and oxygen atoms in total. The van der Waals surface area contributed by atoms with Gasteiger partial charge in [-0.1, -0.05) is 40.2 Å². The second-order valence-electron chi connectivity index (χ2n) is 2.92. The number of hydrogen-bond acceptors (Lipinski definition) is 1. The Morgan fingerprint density at radius 1 is 1.50 bits per heavy atom. The van der Waals surface area contributed by atoms with Gasteiger partial charge >= 0.3 is 5.97 Å². The maximum atomic E-state index is 10.4. The monoisotopic (exact) mass is 254 g/mol. The Hall–Kier alpha value is -1.09. The van der Waals surface area contributed by atoms with Crippen molar-refractivity contribution in [2.24, 2.45) is 0 Å². The molecule has 0 aliphatic heterocycles. The van der Waals surface area contributed by atoms with Crippen LogP contribution in [-0.4, -0.2) is 11.1 Å². The topological polar surface area (TPSA) is 37.3 Å². The van der Waals surface area contributed by atoms with E-state index in [1.807, 2.05) is 31.2 Å². The third-order valence-electron chi connectivity index (χ3n) is 1.83. The Labute approximate surface area is 91.4 Å². The van der Waals surface area contributed by atoms with Crippen molar-refractivity contribution in [2.45, 2.75) is 11.8 Å². The molecule has 0 radical (unpaired) electrons. The molecule has 0 aliphatic rings. The molecule has 0 fully saturated rings. The number of carboxylic acids is 1. The van der Waals surface area contributed by atoms with Crippen LogP contribution in [0.25, 0.3) is 6.08 Å². The fourth-order valence-electron chi connectivity index (χ4n) is 1.19. The summed E-state index contributed by atoms with van der Waals surface area (Å²) >= 11 is 3.46. The molecule has 74 valence electrons. The van der Waals surface area contributed by atoms with Crippen LogP contribution in [0.3, 0.4) is 0 Å². The Morgan fingerprint density at radius 3 is 2.71 bits per heavy atom. The van der Waals surface area contributed by atoms with E-state index in [0.717, 1.165) is 17.2 Å². The predicted octanol–water partition coefficient (Wildman–Crippen LogP) is 3.24. The molecule has 14 heavy (non-hydrogen) atoms. The minimum Gasteiger partial charge on any atom is -0.478 e. The molecule has 1 aromatic rings. The zero-order valence-corrected chi connectivity index (χ0v) is 9.36. The van der Waals surface area contributed by atoms with Gasteiger partial charge in [-0.2, -0.15) is 0 Å². The minimum atomic E-state index is -0.929. The van der Waals surface area contributed by atoms with Gasteiger partial charge in [0.05, 0.1) is 0 Å². The van der Waals surface area contributed by atoms with E-state index >= 15 is 0 Å². The Balaban J connectivity index is 3.01. The smallest absolute Gasteiger partial charge is 0.328 e. The van der Waals surface area contributed by atoms with Crippen LogP contribution in [0.5, 0.6) is 0 Å². The van der Waals surface area contributed by atoms with E-state index in [2.05, 4.69) is 15.9 Å². The molecule has 1 aromatic carbocycles. The summed E-state index contributed by atoms with van der Waals surface area (Å²) in [5.41, 5.74) is 2.02. The van der Waals surface area contributed by atoms with Crippen molar-refractivity contribution in [3.05, 3.63) is 41.5 Å². The van der Waals surface area contributed by atoms with Crippen LogP contribution in [0.1, 0.15) is 22.9 Å². The second kappa shape index (κ2) is 4.96. The van der Waals surface area contributed by atoms with E-state index in [1.165, 1.54) is 0 Å². The molecule has 0 saturated carbocycles. The van der Waals surface area contributed by atoms with Crippen LogP contribution < -0.4 is 0 Å². The number of rotatable bonds is 3. The molecule has 0 aliphatic carbocycles. The number of alkyl halides is 1. The van der Waals surface area contributed by atoms with E-state index in [1.54, 1.807) is 6.08 Å². The standard InChI is InChI=1S/C11H11BrO2/c1-8(12)10-5-3-2-4-9(10)6-7-11(13)14/h2-8H,1H3,(H,13,14)/b7-6+. The van der Waals surface area contributed by atoms with E-state index in [-0.39, 0.29) is 4.83 Å². The highest BCUT2D eigenvalue weighted by atomic mass is 79.9. The molecule has 1 N–H and O–H groups in total. The first-order valence-electron chi connectivity index (χ1n) is 4.25. The normalized spacial score (nSPS) is 13.0. The number of benzene rings is 1. The van der Waals surface area contributed by atoms with E-state index in [0.29, 0.717) is 0 Å². The molecule has 0 bridgehead atoms. The molecule has 0 amide bonds. The van der Waals surface area contributed by atoms with Crippen LogP contribution in [0.2, 0.25) is 0 Å². The lowest BCUT2D eigenvalue weighted by atomic mass is 10.1. The summed E-state index contributed by atoms with van der Waals surface area (Å²) in [7, 11) is 0. The first-order valence-corrected chi connectivity index (χ1v) is 5.17. The van der Waals surface area contributed by atoms with Gasteiger partial charge in [0.1, 0.15) is 0 Å². The van der Waals surface area contributed by atoms with E-state index in [9.17, 15) is 4.79 Å². The van der Waals surface area contributed by atoms with Crippen molar-refractivity contribution in [1.82, 2.24) is 0 Å². The SMILES string of the molecule is CC(Br)c1ccccc1/C=C/C(=O)O. The summed E-state index contributed by atoms with van der Waals surface area (Å²) < 4.78 is 0. The van der Waals surface area contributed by atoms with Crippen LogP contribution in [0, 0.1) is 0 Å². The number of aliphatic carboxylic acids is 1. The van der Waals surface area contributed by atoms with Gasteiger partial charge in [-0.15, -0.1) is 0 Å². The molecule has 1 atom stereocenters. The Kier molecular flexibility index (Phi) is 3.89. The van der Waals surface area contributed by atoms with Crippen molar-refractivity contribution in [3.63, 3.8) is 0 Å². The molecule has 0 saturated heterocycles. The summed E-state index contributed by atoms with van der Waals surface area (Å²) in [6, 6.07) is 7.69. The number of halogens is 1. The predicted molar refractivity (Wildman–Crippen MR) is 60.5 cm³/mol. The zero-order chi connectivity index (χ0) is 10.6. The molecular formula is C11H11BrO2. The van der Waals surface area contributed by atoms with Crippen LogP contribution in [-0.2, 0) is 4.79 Å².